The Balaban J connectivity index is 1.39. The van der Waals surface area contributed by atoms with E-state index in [0.29, 0.717) is 60.4 Å². The number of halogens is 2. The number of carboxylic acids is 1. The number of carboxylic acid groups (broad SMARTS) is 1. The minimum Gasteiger partial charge on any atom is -0.491 e. The summed E-state index contributed by atoms with van der Waals surface area (Å²) in [6, 6.07) is 7.75. The van der Waals surface area contributed by atoms with Crippen LogP contribution < -0.4 is 15.4 Å². The Morgan fingerprint density at radius 2 is 2.05 bits per heavy atom. The van der Waals surface area contributed by atoms with Crippen molar-refractivity contribution < 1.29 is 23.8 Å². The predicted octanol–water partition coefficient (Wildman–Crippen LogP) is 6.08. The molecule has 1 fully saturated rings. The van der Waals surface area contributed by atoms with Crippen LogP contribution in [-0.2, 0) is 16.1 Å². The van der Waals surface area contributed by atoms with Gasteiger partial charge in [0.05, 0.1) is 29.3 Å². The van der Waals surface area contributed by atoms with Crippen LogP contribution in [0.4, 0.5) is 21.6 Å². The molecule has 0 aliphatic carbocycles. The number of amides is 1. The molecule has 0 radical (unpaired) electrons. The summed E-state index contributed by atoms with van der Waals surface area (Å²) >= 11 is 13.9. The highest BCUT2D eigenvalue weighted by atomic mass is 35.5. The summed E-state index contributed by atoms with van der Waals surface area (Å²) in [5.41, 5.74) is 1.53. The third-order valence-electron chi connectivity index (χ3n) is 6.93. The van der Waals surface area contributed by atoms with Gasteiger partial charge in [-0.15, -0.1) is 0 Å². The lowest BCUT2D eigenvalue weighted by atomic mass is 9.98. The van der Waals surface area contributed by atoms with Crippen molar-refractivity contribution in [2.24, 2.45) is 5.92 Å². The molecule has 1 aliphatic heterocycles. The van der Waals surface area contributed by atoms with Crippen LogP contribution in [0.5, 0.6) is 5.75 Å². The highest BCUT2D eigenvalue weighted by Crippen LogP contribution is 2.35. The zero-order valence-electron chi connectivity index (χ0n) is 23.6. The maximum absolute atomic E-state index is 13.7. The summed E-state index contributed by atoms with van der Waals surface area (Å²) in [7, 11) is 2.10. The minimum absolute atomic E-state index is 0.00541. The molecule has 1 aliphatic rings. The molecular formula is C28H29ClFN7O4S3. The molecule has 2 aromatic heterocycles. The quantitative estimate of drug-likeness (QED) is 0.119. The van der Waals surface area contributed by atoms with Crippen molar-refractivity contribution in [3.63, 3.8) is 0 Å². The van der Waals surface area contributed by atoms with Crippen molar-refractivity contribution in [1.82, 2.24) is 24.6 Å². The number of fused-ring (bicyclic) bond motifs is 1. The van der Waals surface area contributed by atoms with Gasteiger partial charge < -0.3 is 25.4 Å². The van der Waals surface area contributed by atoms with Crippen molar-refractivity contribution in [1.29, 1.82) is 0 Å². The molecular weight excluding hydrogens is 649 g/mol. The van der Waals surface area contributed by atoms with Crippen LogP contribution in [0.1, 0.15) is 19.3 Å². The van der Waals surface area contributed by atoms with Crippen molar-refractivity contribution in [3.05, 3.63) is 51.5 Å². The van der Waals surface area contributed by atoms with Gasteiger partial charge in [0.1, 0.15) is 30.3 Å². The number of aliphatic carboxylic acids is 1. The van der Waals surface area contributed by atoms with Crippen LogP contribution >= 0.6 is 46.9 Å². The van der Waals surface area contributed by atoms with Gasteiger partial charge in [0.25, 0.3) is 0 Å². The van der Waals surface area contributed by atoms with Crippen molar-refractivity contribution >= 4 is 86.9 Å². The number of nitrogens with one attached hydrogen (secondary N) is 2. The Morgan fingerprint density at radius 3 is 2.80 bits per heavy atom. The Bertz CT molecular complexity index is 1730. The lowest BCUT2D eigenvalue weighted by Gasteiger charge is -2.29. The van der Waals surface area contributed by atoms with Gasteiger partial charge in [0, 0.05) is 22.9 Å². The van der Waals surface area contributed by atoms with Gasteiger partial charge in [-0.05, 0) is 75.4 Å². The highest BCUT2D eigenvalue weighted by molar-refractivity contribution is 8.01. The number of anilines is 3. The second-order valence-corrected chi connectivity index (χ2v) is 13.6. The first-order valence-corrected chi connectivity index (χ1v) is 16.3. The fourth-order valence-corrected chi connectivity index (χ4v) is 7.05. The van der Waals surface area contributed by atoms with E-state index in [0.717, 1.165) is 25.9 Å². The molecule has 4 aromatic rings. The maximum atomic E-state index is 13.7. The number of rotatable bonds is 12. The fourth-order valence-electron chi connectivity index (χ4n) is 4.54. The summed E-state index contributed by atoms with van der Waals surface area (Å²) in [6.07, 6.45) is 3.42. The second kappa shape index (κ2) is 14.6. The third-order valence-corrected chi connectivity index (χ3v) is 9.66. The van der Waals surface area contributed by atoms with E-state index in [9.17, 15) is 14.0 Å². The number of thioether (sulfide) groups is 1. The van der Waals surface area contributed by atoms with E-state index in [1.807, 2.05) is 0 Å². The van der Waals surface area contributed by atoms with Gasteiger partial charge in [0.15, 0.2) is 8.29 Å². The molecule has 3 heterocycles. The third kappa shape index (κ3) is 8.41. The number of carbonyl (C=O) groups excluding carboxylic acids is 1. The Labute approximate surface area is 270 Å². The van der Waals surface area contributed by atoms with Gasteiger partial charge in [-0.1, -0.05) is 34.7 Å². The van der Waals surface area contributed by atoms with E-state index in [-0.39, 0.29) is 23.9 Å². The zero-order chi connectivity index (χ0) is 31.2. The largest absolute Gasteiger partial charge is 0.491 e. The number of likely N-dealkylation sites (tertiary alicyclic amines) is 1. The van der Waals surface area contributed by atoms with Crippen LogP contribution in [0, 0.1) is 15.7 Å². The van der Waals surface area contributed by atoms with Gasteiger partial charge in [-0.3, -0.25) is 9.59 Å². The van der Waals surface area contributed by atoms with E-state index in [1.54, 1.807) is 18.2 Å². The van der Waals surface area contributed by atoms with E-state index in [1.165, 1.54) is 46.2 Å². The zero-order valence-corrected chi connectivity index (χ0v) is 26.8. The average Bonchev–Trinajstić information content (AvgIpc) is 3.32. The van der Waals surface area contributed by atoms with E-state index >= 15 is 0 Å². The Kier molecular flexibility index (Phi) is 10.6. The molecule has 2 aromatic carbocycles. The second-order valence-electron chi connectivity index (χ2n) is 10.2. The van der Waals surface area contributed by atoms with Gasteiger partial charge >= 0.3 is 5.97 Å². The van der Waals surface area contributed by atoms with E-state index in [4.69, 9.17) is 33.7 Å². The molecule has 0 saturated carbocycles. The van der Waals surface area contributed by atoms with Crippen LogP contribution in [0.15, 0.2) is 41.0 Å². The molecule has 0 spiro atoms. The smallest absolute Gasteiger partial charge is 0.304 e. The Morgan fingerprint density at radius 1 is 1.25 bits per heavy atom. The van der Waals surface area contributed by atoms with Crippen LogP contribution in [0.2, 0.25) is 5.02 Å². The molecule has 0 bridgehead atoms. The topological polar surface area (TPSA) is 134 Å². The number of piperidine rings is 1. The summed E-state index contributed by atoms with van der Waals surface area (Å²) in [4.78, 5) is 35.2. The van der Waals surface area contributed by atoms with Gasteiger partial charge in [-0.25, -0.2) is 19.0 Å². The van der Waals surface area contributed by atoms with Crippen LogP contribution in [0.3, 0.4) is 0 Å². The van der Waals surface area contributed by atoms with E-state index in [2.05, 4.69) is 37.6 Å². The standard InChI is InChI=1S/C28H29ClFN7O4S3/c1-36-7-4-16(5-8-36)14-41-23-12-21-18(26(32-15-31-21)33-17-2-3-20(30)19(29)10-17)11-22(23)34-24(38)13-37-28(42)44-27(35-37)43-9-6-25(39)40/h2-3,10-12,15-16H,4-9,13-14H2,1H3,(H,34,38)(H,39,40)(H,31,32,33). The van der Waals surface area contributed by atoms with E-state index < -0.39 is 11.8 Å². The Hall–Kier alpha value is -3.37. The molecule has 44 heavy (non-hydrogen) atoms. The molecule has 0 unspecified atom stereocenters. The molecule has 1 amide bonds. The highest BCUT2D eigenvalue weighted by Gasteiger charge is 2.20. The molecule has 16 heteroatoms. The molecule has 0 atom stereocenters. The van der Waals surface area contributed by atoms with Crippen LogP contribution in [-0.4, -0.2) is 74.1 Å². The first kappa shape index (κ1) is 32.0. The number of carbonyl (C=O) groups is 2. The molecule has 1 saturated heterocycles. The fraction of sp³-hybridized carbons (Fsp3) is 0.357. The lowest BCUT2D eigenvalue weighted by Crippen LogP contribution is -2.32. The number of hydrogen-bond donors (Lipinski definition) is 3. The molecule has 11 nitrogen and oxygen atoms in total. The van der Waals surface area contributed by atoms with Gasteiger partial charge in [0.2, 0.25) is 5.91 Å². The number of nitrogens with zero attached hydrogens (tertiary/aromatic N) is 5. The molecule has 232 valence electrons. The summed E-state index contributed by atoms with van der Waals surface area (Å²) in [5.74, 6) is -0.190. The number of hydrogen-bond acceptors (Lipinski definition) is 11. The number of ether oxygens (including phenoxy) is 1. The summed E-state index contributed by atoms with van der Waals surface area (Å²) in [5, 5.41) is 19.9. The minimum atomic E-state index is -0.894. The van der Waals surface area contributed by atoms with Crippen molar-refractivity contribution in [2.75, 3.05) is 43.1 Å². The number of benzene rings is 2. The predicted molar refractivity (Wildman–Crippen MR) is 172 cm³/mol. The van der Waals surface area contributed by atoms with Crippen molar-refractivity contribution in [3.8, 4) is 5.75 Å². The normalized spacial score (nSPS) is 14.1. The first-order chi connectivity index (χ1) is 21.1. The maximum Gasteiger partial charge on any atom is 0.304 e. The average molecular weight is 678 g/mol. The molecule has 3 N–H and O–H groups in total. The molecule has 5 rings (SSSR count). The SMILES string of the molecule is CN1CCC(COc2cc3ncnc(Nc4ccc(F)c(Cl)c4)c3cc2NC(=O)Cn2nc(SCCC(=O)O)sc2=S)CC1. The lowest BCUT2D eigenvalue weighted by molar-refractivity contribution is -0.136. The number of aromatic nitrogens is 4. The first-order valence-electron chi connectivity index (χ1n) is 13.7. The van der Waals surface area contributed by atoms with Crippen molar-refractivity contribution in [2.45, 2.75) is 30.1 Å². The summed E-state index contributed by atoms with van der Waals surface area (Å²) in [6.45, 7) is 2.33. The van der Waals surface area contributed by atoms with Crippen LogP contribution in [0.25, 0.3) is 10.9 Å². The van der Waals surface area contributed by atoms with Gasteiger partial charge in [-0.2, -0.15) is 5.10 Å². The monoisotopic (exact) mass is 677 g/mol. The summed E-state index contributed by atoms with van der Waals surface area (Å²) < 4.78 is 22.4.